The minimum atomic E-state index is -0.120. The first kappa shape index (κ1) is 22.7. The van der Waals surface area contributed by atoms with E-state index in [0.717, 1.165) is 16.7 Å². The van der Waals surface area contributed by atoms with E-state index in [1.54, 1.807) is 36.5 Å². The minimum absolute atomic E-state index is 0.120. The number of pyridine rings is 1. The predicted octanol–water partition coefficient (Wildman–Crippen LogP) is 6.47. The highest BCUT2D eigenvalue weighted by atomic mass is 35.5. The topological polar surface area (TPSA) is 79.9 Å². The summed E-state index contributed by atoms with van der Waals surface area (Å²) < 4.78 is 5.81. The first-order chi connectivity index (χ1) is 15.1. The van der Waals surface area contributed by atoms with Crippen molar-refractivity contribution in [3.8, 4) is 11.5 Å². The van der Waals surface area contributed by atoms with Gasteiger partial charge >= 0.3 is 0 Å². The van der Waals surface area contributed by atoms with Crippen molar-refractivity contribution in [3.63, 3.8) is 0 Å². The van der Waals surface area contributed by atoms with Crippen LogP contribution in [0.3, 0.4) is 0 Å². The number of hydrogen-bond acceptors (Lipinski definition) is 5. The fourth-order valence-electron chi connectivity index (χ4n) is 2.67. The van der Waals surface area contributed by atoms with Crippen LogP contribution < -0.4 is 10.1 Å². The van der Waals surface area contributed by atoms with Crippen LogP contribution in [-0.4, -0.2) is 26.6 Å². The van der Waals surface area contributed by atoms with Gasteiger partial charge in [-0.15, -0.1) is 0 Å². The van der Waals surface area contributed by atoms with E-state index in [1.807, 2.05) is 45.0 Å². The molecule has 0 radical (unpaired) electrons. The molecule has 2 N–H and O–H groups in total. The van der Waals surface area contributed by atoms with Crippen LogP contribution >= 0.6 is 23.4 Å². The van der Waals surface area contributed by atoms with Gasteiger partial charge in [0.2, 0.25) is 5.91 Å². The standard InChI is InChI=1S/C21H17ClN4O2S.C2H6/c1-13-19(3-2-10-23-13)28-16-7-5-15(6-8-16)24-20(27)12-29-21-25-17-9-4-14(22)11-18(17)26-21;1-2/h2-11H,12H2,1H3,(H,24,27)(H,25,26);1-2H3. The number of hydrogen-bond donors (Lipinski definition) is 2. The maximum absolute atomic E-state index is 12.2. The number of carbonyl (C=O) groups is 1. The average molecular weight is 455 g/mol. The van der Waals surface area contributed by atoms with E-state index in [-0.39, 0.29) is 11.7 Å². The predicted molar refractivity (Wildman–Crippen MR) is 127 cm³/mol. The molecule has 0 aliphatic carbocycles. The molecule has 0 atom stereocenters. The van der Waals surface area contributed by atoms with Crippen LogP contribution in [0.5, 0.6) is 11.5 Å². The van der Waals surface area contributed by atoms with Gasteiger partial charge < -0.3 is 15.0 Å². The van der Waals surface area contributed by atoms with Crippen molar-refractivity contribution >= 4 is 46.0 Å². The lowest BCUT2D eigenvalue weighted by Gasteiger charge is -2.09. The Morgan fingerprint density at radius 2 is 1.94 bits per heavy atom. The molecule has 0 fully saturated rings. The smallest absolute Gasteiger partial charge is 0.234 e. The van der Waals surface area contributed by atoms with Gasteiger partial charge in [-0.1, -0.05) is 37.2 Å². The quantitative estimate of drug-likeness (QED) is 0.326. The second-order valence-electron chi connectivity index (χ2n) is 6.25. The Labute approximate surface area is 190 Å². The number of H-pyrrole nitrogens is 1. The number of halogens is 1. The SMILES string of the molecule is CC.Cc1ncccc1Oc1ccc(NC(=O)CSc2nc3ccc(Cl)cc3[nH]2)cc1. The maximum atomic E-state index is 12.2. The Morgan fingerprint density at radius 3 is 2.68 bits per heavy atom. The van der Waals surface area contributed by atoms with Gasteiger partial charge in [0.25, 0.3) is 0 Å². The number of carbonyl (C=O) groups excluding carboxylic acids is 1. The normalized spacial score (nSPS) is 10.3. The van der Waals surface area contributed by atoms with Crippen molar-refractivity contribution in [1.29, 1.82) is 0 Å². The zero-order valence-corrected chi connectivity index (χ0v) is 19.1. The molecule has 160 valence electrons. The van der Waals surface area contributed by atoms with Crippen LogP contribution in [0.1, 0.15) is 19.5 Å². The van der Waals surface area contributed by atoms with Crippen molar-refractivity contribution in [2.45, 2.75) is 25.9 Å². The third-order valence-electron chi connectivity index (χ3n) is 4.09. The Kier molecular flexibility index (Phi) is 7.92. The number of fused-ring (bicyclic) bond motifs is 1. The van der Waals surface area contributed by atoms with E-state index >= 15 is 0 Å². The summed E-state index contributed by atoms with van der Waals surface area (Å²) in [5, 5.41) is 4.18. The van der Waals surface area contributed by atoms with Crippen LogP contribution in [0.25, 0.3) is 11.0 Å². The lowest BCUT2D eigenvalue weighted by molar-refractivity contribution is -0.113. The molecule has 1 amide bonds. The van der Waals surface area contributed by atoms with Gasteiger partial charge in [0, 0.05) is 16.9 Å². The zero-order valence-electron chi connectivity index (χ0n) is 17.5. The summed E-state index contributed by atoms with van der Waals surface area (Å²) in [7, 11) is 0. The van der Waals surface area contributed by atoms with E-state index in [4.69, 9.17) is 16.3 Å². The number of amides is 1. The average Bonchev–Trinajstić information content (AvgIpc) is 3.19. The van der Waals surface area contributed by atoms with Gasteiger partial charge in [0.15, 0.2) is 5.16 Å². The second-order valence-corrected chi connectivity index (χ2v) is 7.65. The van der Waals surface area contributed by atoms with Crippen LogP contribution in [0.2, 0.25) is 5.02 Å². The summed E-state index contributed by atoms with van der Waals surface area (Å²) in [6.07, 6.45) is 1.72. The number of aromatic amines is 1. The van der Waals surface area contributed by atoms with E-state index in [0.29, 0.717) is 27.4 Å². The van der Waals surface area contributed by atoms with E-state index < -0.39 is 0 Å². The first-order valence-corrected chi connectivity index (χ1v) is 11.2. The van der Waals surface area contributed by atoms with Gasteiger partial charge in [0.1, 0.15) is 11.5 Å². The molecule has 0 unspecified atom stereocenters. The van der Waals surface area contributed by atoms with Crippen molar-refractivity contribution in [1.82, 2.24) is 15.0 Å². The number of aryl methyl sites for hydroxylation is 1. The van der Waals surface area contributed by atoms with Crippen LogP contribution in [0.4, 0.5) is 5.69 Å². The lowest BCUT2D eigenvalue weighted by Crippen LogP contribution is -2.14. The number of rotatable bonds is 6. The summed E-state index contributed by atoms with van der Waals surface area (Å²) in [4.78, 5) is 24.0. The second kappa shape index (κ2) is 10.8. The molecule has 4 rings (SSSR count). The highest BCUT2D eigenvalue weighted by Gasteiger charge is 2.08. The number of imidazole rings is 1. The molecule has 31 heavy (non-hydrogen) atoms. The summed E-state index contributed by atoms with van der Waals surface area (Å²) in [6.45, 7) is 5.89. The van der Waals surface area contributed by atoms with Gasteiger partial charge in [-0.05, 0) is 61.5 Å². The summed E-state index contributed by atoms with van der Waals surface area (Å²) in [5.74, 6) is 1.49. The summed E-state index contributed by atoms with van der Waals surface area (Å²) >= 11 is 7.31. The Hall–Kier alpha value is -3.03. The molecule has 0 spiro atoms. The van der Waals surface area contributed by atoms with Crippen molar-refractivity contribution < 1.29 is 9.53 Å². The fraction of sp³-hybridized carbons (Fsp3) is 0.174. The van der Waals surface area contributed by atoms with Crippen molar-refractivity contribution in [2.24, 2.45) is 0 Å². The molecule has 2 heterocycles. The van der Waals surface area contributed by atoms with Gasteiger partial charge in [-0.2, -0.15) is 0 Å². The molecular weight excluding hydrogens is 432 g/mol. The molecular formula is C23H23ClN4O2S. The molecule has 0 aliphatic rings. The number of nitrogens with zero attached hydrogens (tertiary/aromatic N) is 2. The third kappa shape index (κ3) is 6.23. The molecule has 8 heteroatoms. The number of anilines is 1. The van der Waals surface area contributed by atoms with Crippen LogP contribution in [0, 0.1) is 6.92 Å². The monoisotopic (exact) mass is 454 g/mol. The Morgan fingerprint density at radius 1 is 1.16 bits per heavy atom. The number of ether oxygens (including phenoxy) is 1. The summed E-state index contributed by atoms with van der Waals surface area (Å²) in [6, 6.07) is 16.3. The molecule has 4 aromatic rings. The highest BCUT2D eigenvalue weighted by molar-refractivity contribution is 7.99. The first-order valence-electron chi connectivity index (χ1n) is 9.84. The minimum Gasteiger partial charge on any atom is -0.455 e. The van der Waals surface area contributed by atoms with E-state index in [9.17, 15) is 4.79 Å². The molecule has 0 saturated carbocycles. The van der Waals surface area contributed by atoms with Gasteiger partial charge in [-0.3, -0.25) is 9.78 Å². The maximum Gasteiger partial charge on any atom is 0.234 e. The number of nitrogens with one attached hydrogen (secondary N) is 2. The highest BCUT2D eigenvalue weighted by Crippen LogP contribution is 2.25. The van der Waals surface area contributed by atoms with Crippen molar-refractivity contribution in [2.75, 3.05) is 11.1 Å². The largest absolute Gasteiger partial charge is 0.455 e. The molecule has 0 bridgehead atoms. The molecule has 6 nitrogen and oxygen atoms in total. The summed E-state index contributed by atoms with van der Waals surface area (Å²) in [5.41, 5.74) is 3.17. The van der Waals surface area contributed by atoms with Gasteiger partial charge in [0.05, 0.1) is 22.5 Å². The van der Waals surface area contributed by atoms with Crippen LogP contribution in [0.15, 0.2) is 66.0 Å². The van der Waals surface area contributed by atoms with Gasteiger partial charge in [-0.25, -0.2) is 4.98 Å². The molecule has 0 saturated heterocycles. The Bertz CT molecular complexity index is 1160. The number of thioether (sulfide) groups is 1. The number of benzene rings is 2. The molecule has 0 aliphatic heterocycles. The molecule has 2 aromatic carbocycles. The zero-order chi connectivity index (χ0) is 22.2. The Balaban J connectivity index is 0.00000132. The van der Waals surface area contributed by atoms with Crippen molar-refractivity contribution in [3.05, 3.63) is 71.5 Å². The van der Waals surface area contributed by atoms with Crippen LogP contribution in [-0.2, 0) is 4.79 Å². The third-order valence-corrected chi connectivity index (χ3v) is 5.19. The lowest BCUT2D eigenvalue weighted by atomic mass is 10.3. The van der Waals surface area contributed by atoms with E-state index in [1.165, 1.54) is 11.8 Å². The van der Waals surface area contributed by atoms with E-state index in [2.05, 4.69) is 20.3 Å². The molecule has 2 aromatic heterocycles. The fourth-order valence-corrected chi connectivity index (χ4v) is 3.53. The number of aromatic nitrogens is 3.